The summed E-state index contributed by atoms with van der Waals surface area (Å²) in [5, 5.41) is 4.98. The van der Waals surface area contributed by atoms with E-state index in [4.69, 9.17) is 4.74 Å². The smallest absolute Gasteiger partial charge is 0.224 e. The summed E-state index contributed by atoms with van der Waals surface area (Å²) >= 11 is 1.59. The summed E-state index contributed by atoms with van der Waals surface area (Å²) in [5.41, 5.74) is 3.81. The normalized spacial score (nSPS) is 10.9. The zero-order chi connectivity index (χ0) is 18.6. The molecule has 27 heavy (non-hydrogen) atoms. The van der Waals surface area contributed by atoms with Gasteiger partial charge < -0.3 is 10.1 Å². The van der Waals surface area contributed by atoms with Crippen LogP contribution in [0.15, 0.2) is 66.2 Å². The number of aromatic nitrogens is 2. The lowest BCUT2D eigenvalue weighted by atomic mass is 10.2. The van der Waals surface area contributed by atoms with Crippen molar-refractivity contribution in [3.63, 3.8) is 0 Å². The molecule has 2 heterocycles. The molecule has 1 N–H and O–H groups in total. The topological polar surface area (TPSA) is 55.6 Å². The number of para-hydroxylation sites is 2. The average Bonchev–Trinajstić information content (AvgIpc) is 3.29. The Labute approximate surface area is 161 Å². The number of benzene rings is 2. The van der Waals surface area contributed by atoms with E-state index in [9.17, 15) is 4.79 Å². The lowest BCUT2D eigenvalue weighted by Gasteiger charge is -2.09. The van der Waals surface area contributed by atoms with Gasteiger partial charge in [-0.2, -0.15) is 0 Å². The first-order valence-electron chi connectivity index (χ1n) is 8.68. The molecule has 0 aliphatic heterocycles. The summed E-state index contributed by atoms with van der Waals surface area (Å²) < 4.78 is 7.35. The second-order valence-electron chi connectivity index (χ2n) is 6.12. The van der Waals surface area contributed by atoms with E-state index in [0.717, 1.165) is 21.9 Å². The fourth-order valence-electron chi connectivity index (χ4n) is 2.96. The Morgan fingerprint density at radius 1 is 1.15 bits per heavy atom. The van der Waals surface area contributed by atoms with Crippen molar-refractivity contribution in [2.24, 2.45) is 0 Å². The molecule has 0 spiro atoms. The van der Waals surface area contributed by atoms with E-state index < -0.39 is 0 Å². The maximum atomic E-state index is 12.4. The average molecular weight is 377 g/mol. The van der Waals surface area contributed by atoms with Gasteiger partial charge in [0.15, 0.2) is 4.96 Å². The molecular weight excluding hydrogens is 358 g/mol. The number of carbonyl (C=O) groups excluding carboxylic acids is 1. The summed E-state index contributed by atoms with van der Waals surface area (Å²) in [6, 6.07) is 17.5. The van der Waals surface area contributed by atoms with Crippen LogP contribution in [-0.4, -0.2) is 22.4 Å². The zero-order valence-electron chi connectivity index (χ0n) is 14.9. The highest BCUT2D eigenvalue weighted by atomic mass is 32.1. The van der Waals surface area contributed by atoms with Crippen LogP contribution in [0.5, 0.6) is 5.75 Å². The Morgan fingerprint density at radius 2 is 1.93 bits per heavy atom. The number of thiazole rings is 1. The van der Waals surface area contributed by atoms with Gasteiger partial charge in [-0.1, -0.05) is 42.5 Å². The second-order valence-corrected chi connectivity index (χ2v) is 6.96. The van der Waals surface area contributed by atoms with Crippen LogP contribution in [0.25, 0.3) is 16.2 Å². The summed E-state index contributed by atoms with van der Waals surface area (Å²) in [5.74, 6) is 0.619. The van der Waals surface area contributed by atoms with Crippen molar-refractivity contribution in [3.05, 3.63) is 71.9 Å². The maximum absolute atomic E-state index is 12.4. The third-order valence-corrected chi connectivity index (χ3v) is 5.23. The number of carbonyl (C=O) groups is 1. The quantitative estimate of drug-likeness (QED) is 0.532. The van der Waals surface area contributed by atoms with Gasteiger partial charge in [-0.15, -0.1) is 11.3 Å². The molecule has 0 saturated heterocycles. The van der Waals surface area contributed by atoms with Crippen molar-refractivity contribution >= 4 is 27.9 Å². The second kappa shape index (κ2) is 7.63. The summed E-state index contributed by atoms with van der Waals surface area (Å²) in [6.07, 6.45) is 3.07. The lowest BCUT2D eigenvalue weighted by Crippen LogP contribution is -2.13. The first-order chi connectivity index (χ1) is 13.2. The van der Waals surface area contributed by atoms with Crippen LogP contribution < -0.4 is 10.1 Å². The number of anilines is 1. The maximum Gasteiger partial charge on any atom is 0.224 e. The number of rotatable bonds is 6. The monoisotopic (exact) mass is 377 g/mol. The van der Waals surface area contributed by atoms with Crippen molar-refractivity contribution in [1.29, 1.82) is 0 Å². The molecule has 4 aromatic rings. The predicted molar refractivity (Wildman–Crippen MR) is 108 cm³/mol. The summed E-state index contributed by atoms with van der Waals surface area (Å²) in [4.78, 5) is 18.0. The Bertz CT molecular complexity index is 1070. The van der Waals surface area contributed by atoms with Crippen LogP contribution in [0.4, 0.5) is 5.69 Å². The molecule has 2 aromatic carbocycles. The predicted octanol–water partition coefficient (Wildman–Crippen LogP) is 4.64. The number of ether oxygens (including phenoxy) is 1. The van der Waals surface area contributed by atoms with Crippen molar-refractivity contribution in [1.82, 2.24) is 9.38 Å². The van der Waals surface area contributed by atoms with Crippen LogP contribution in [0, 0.1) is 0 Å². The van der Waals surface area contributed by atoms with E-state index in [1.807, 2.05) is 60.8 Å². The van der Waals surface area contributed by atoms with Crippen molar-refractivity contribution in [3.8, 4) is 17.0 Å². The number of fused-ring (bicyclic) bond motifs is 1. The number of imidazole rings is 1. The van der Waals surface area contributed by atoms with Crippen LogP contribution in [0.1, 0.15) is 12.1 Å². The van der Waals surface area contributed by atoms with Gasteiger partial charge >= 0.3 is 0 Å². The zero-order valence-corrected chi connectivity index (χ0v) is 15.7. The van der Waals surface area contributed by atoms with E-state index >= 15 is 0 Å². The van der Waals surface area contributed by atoms with Gasteiger partial charge in [0.1, 0.15) is 5.75 Å². The molecule has 0 aliphatic rings. The van der Waals surface area contributed by atoms with E-state index in [1.54, 1.807) is 18.4 Å². The molecule has 0 aliphatic carbocycles. The van der Waals surface area contributed by atoms with E-state index in [0.29, 0.717) is 24.3 Å². The minimum atomic E-state index is -0.0396. The molecule has 5 nitrogen and oxygen atoms in total. The van der Waals surface area contributed by atoms with Gasteiger partial charge in [0.25, 0.3) is 0 Å². The third-order valence-electron chi connectivity index (χ3n) is 4.34. The molecule has 0 unspecified atom stereocenters. The molecule has 0 atom stereocenters. The molecule has 0 bridgehead atoms. The van der Waals surface area contributed by atoms with Gasteiger partial charge in [-0.05, 0) is 18.6 Å². The van der Waals surface area contributed by atoms with Crippen LogP contribution in [-0.2, 0) is 11.2 Å². The van der Waals surface area contributed by atoms with E-state index in [2.05, 4.69) is 20.1 Å². The van der Waals surface area contributed by atoms with E-state index in [1.165, 1.54) is 0 Å². The standard InChI is InChI=1S/C21H19N3O2S/c1-26-19-10-6-5-9-17(19)22-20(25)12-11-16-14-27-21-23-18(13-24(16)21)15-7-3-2-4-8-15/h2-10,13-14H,11-12H2,1H3,(H,22,25). The van der Waals surface area contributed by atoms with Gasteiger partial charge in [-0.25, -0.2) is 4.98 Å². The third kappa shape index (κ3) is 3.71. The number of hydrogen-bond donors (Lipinski definition) is 1. The van der Waals surface area contributed by atoms with Gasteiger partial charge in [0.2, 0.25) is 5.91 Å². The Hall–Kier alpha value is -3.12. The van der Waals surface area contributed by atoms with Crippen molar-refractivity contribution in [2.75, 3.05) is 12.4 Å². The fraction of sp³-hybridized carbons (Fsp3) is 0.143. The fourth-order valence-corrected chi connectivity index (χ4v) is 3.87. The van der Waals surface area contributed by atoms with Crippen LogP contribution in [0.2, 0.25) is 0 Å². The molecule has 6 heteroatoms. The SMILES string of the molecule is COc1ccccc1NC(=O)CCc1csc2nc(-c3ccccc3)cn12. The molecule has 1 amide bonds. The minimum absolute atomic E-state index is 0.0396. The van der Waals surface area contributed by atoms with Gasteiger partial charge in [-0.3, -0.25) is 9.20 Å². The number of aryl methyl sites for hydroxylation is 1. The Kier molecular flexibility index (Phi) is 4.89. The van der Waals surface area contributed by atoms with Gasteiger partial charge in [0.05, 0.1) is 18.5 Å². The molecule has 136 valence electrons. The molecule has 0 radical (unpaired) electrons. The highest BCUT2D eigenvalue weighted by molar-refractivity contribution is 7.15. The largest absolute Gasteiger partial charge is 0.495 e. The molecular formula is C21H19N3O2S. The van der Waals surface area contributed by atoms with Crippen LogP contribution in [0.3, 0.4) is 0 Å². The molecule has 2 aromatic heterocycles. The summed E-state index contributed by atoms with van der Waals surface area (Å²) in [6.45, 7) is 0. The van der Waals surface area contributed by atoms with E-state index in [-0.39, 0.29) is 5.91 Å². The number of amides is 1. The van der Waals surface area contributed by atoms with Gasteiger partial charge in [0, 0.05) is 29.3 Å². The summed E-state index contributed by atoms with van der Waals surface area (Å²) in [7, 11) is 1.59. The highest BCUT2D eigenvalue weighted by Crippen LogP contribution is 2.25. The molecule has 0 saturated carbocycles. The molecule has 4 rings (SSSR count). The van der Waals surface area contributed by atoms with Crippen LogP contribution >= 0.6 is 11.3 Å². The first-order valence-corrected chi connectivity index (χ1v) is 9.56. The lowest BCUT2D eigenvalue weighted by molar-refractivity contribution is -0.116. The number of nitrogens with one attached hydrogen (secondary N) is 1. The Balaban J connectivity index is 1.46. The molecule has 0 fully saturated rings. The number of methoxy groups -OCH3 is 1. The first kappa shape index (κ1) is 17.3. The highest BCUT2D eigenvalue weighted by Gasteiger charge is 2.12. The minimum Gasteiger partial charge on any atom is -0.495 e. The number of nitrogens with zero attached hydrogens (tertiary/aromatic N) is 2. The van der Waals surface area contributed by atoms with Crippen molar-refractivity contribution in [2.45, 2.75) is 12.8 Å². The Morgan fingerprint density at radius 3 is 2.74 bits per heavy atom. The number of hydrogen-bond acceptors (Lipinski definition) is 4. The van der Waals surface area contributed by atoms with Crippen molar-refractivity contribution < 1.29 is 9.53 Å².